The summed E-state index contributed by atoms with van der Waals surface area (Å²) in [7, 11) is 0. The van der Waals surface area contributed by atoms with Crippen LogP contribution in [0.15, 0.2) is 77.9 Å². The van der Waals surface area contributed by atoms with Gasteiger partial charge in [-0.25, -0.2) is 5.43 Å². The number of carbonyl (C=O) groups is 1. The van der Waals surface area contributed by atoms with Crippen LogP contribution >= 0.6 is 23.2 Å². The highest BCUT2D eigenvalue weighted by molar-refractivity contribution is 6.42. The normalized spacial score (nSPS) is 11.3. The second kappa shape index (κ2) is 7.39. The standard InChI is InChI=1S/C22H14Cl2N2O/c23-20-12-6-5-11-18(20)22(27)26-25-13-19-14-7-1-3-9-16(14)21(24)17-10-4-2-8-15(17)19/h1-13H,(H,26,27)/b25-13-. The van der Waals surface area contributed by atoms with Crippen LogP contribution in [-0.2, 0) is 0 Å². The minimum absolute atomic E-state index is 0.362. The van der Waals surface area contributed by atoms with Gasteiger partial charge in [0.2, 0.25) is 0 Å². The Hall–Kier alpha value is -2.88. The third-order valence-electron chi connectivity index (χ3n) is 4.39. The quantitative estimate of drug-likeness (QED) is 0.256. The molecule has 27 heavy (non-hydrogen) atoms. The van der Waals surface area contributed by atoms with Gasteiger partial charge in [-0.2, -0.15) is 5.10 Å². The first-order valence-corrected chi connectivity index (χ1v) is 9.09. The van der Waals surface area contributed by atoms with E-state index < -0.39 is 0 Å². The fraction of sp³-hybridized carbons (Fsp3) is 0. The third-order valence-corrected chi connectivity index (χ3v) is 5.12. The number of hydrogen-bond donors (Lipinski definition) is 1. The summed E-state index contributed by atoms with van der Waals surface area (Å²) < 4.78 is 0. The first-order valence-electron chi connectivity index (χ1n) is 8.33. The molecule has 4 aromatic rings. The van der Waals surface area contributed by atoms with Crippen LogP contribution in [0.5, 0.6) is 0 Å². The number of nitrogens with one attached hydrogen (secondary N) is 1. The molecule has 0 aliphatic rings. The Balaban J connectivity index is 1.77. The van der Waals surface area contributed by atoms with Crippen molar-refractivity contribution in [2.24, 2.45) is 5.10 Å². The number of amides is 1. The molecule has 4 aromatic carbocycles. The summed E-state index contributed by atoms with van der Waals surface area (Å²) in [5, 5.41) is 9.07. The average molecular weight is 393 g/mol. The molecular formula is C22H14Cl2N2O. The lowest BCUT2D eigenvalue weighted by atomic mass is 9.97. The van der Waals surface area contributed by atoms with E-state index in [0.29, 0.717) is 15.6 Å². The molecular weight excluding hydrogens is 379 g/mol. The molecule has 0 saturated carbocycles. The van der Waals surface area contributed by atoms with Gasteiger partial charge in [-0.1, -0.05) is 83.9 Å². The van der Waals surface area contributed by atoms with Crippen LogP contribution in [0, 0.1) is 0 Å². The van der Waals surface area contributed by atoms with Crippen molar-refractivity contribution >= 4 is 56.9 Å². The van der Waals surface area contributed by atoms with Crippen LogP contribution in [0.3, 0.4) is 0 Å². The Morgan fingerprint density at radius 3 is 1.89 bits per heavy atom. The number of carbonyl (C=O) groups excluding carboxylic acids is 1. The van der Waals surface area contributed by atoms with Crippen LogP contribution in [0.2, 0.25) is 10.0 Å². The summed E-state index contributed by atoms with van der Waals surface area (Å²) in [4.78, 5) is 12.3. The number of fused-ring (bicyclic) bond motifs is 2. The molecule has 3 nitrogen and oxygen atoms in total. The molecule has 0 aliphatic carbocycles. The van der Waals surface area contributed by atoms with E-state index in [1.54, 1.807) is 30.5 Å². The molecule has 1 amide bonds. The maximum absolute atomic E-state index is 12.3. The fourth-order valence-corrected chi connectivity index (χ4v) is 3.66. The van der Waals surface area contributed by atoms with Crippen molar-refractivity contribution in [2.45, 2.75) is 0 Å². The van der Waals surface area contributed by atoms with E-state index in [2.05, 4.69) is 10.5 Å². The van der Waals surface area contributed by atoms with E-state index in [1.807, 2.05) is 48.5 Å². The summed E-state index contributed by atoms with van der Waals surface area (Å²) in [6, 6.07) is 22.6. The lowest BCUT2D eigenvalue weighted by Crippen LogP contribution is -2.18. The van der Waals surface area contributed by atoms with Crippen molar-refractivity contribution in [2.75, 3.05) is 0 Å². The molecule has 0 atom stereocenters. The van der Waals surface area contributed by atoms with Gasteiger partial charge in [0.15, 0.2) is 0 Å². The van der Waals surface area contributed by atoms with E-state index >= 15 is 0 Å². The minimum Gasteiger partial charge on any atom is -0.267 e. The van der Waals surface area contributed by atoms with E-state index in [4.69, 9.17) is 23.2 Å². The maximum Gasteiger partial charge on any atom is 0.272 e. The summed E-state index contributed by atoms with van der Waals surface area (Å²) >= 11 is 12.7. The van der Waals surface area contributed by atoms with Gasteiger partial charge in [-0.05, 0) is 22.9 Å². The van der Waals surface area contributed by atoms with Crippen molar-refractivity contribution < 1.29 is 4.79 Å². The van der Waals surface area contributed by atoms with Gasteiger partial charge in [0.25, 0.3) is 5.91 Å². The Bertz CT molecular complexity index is 1140. The largest absolute Gasteiger partial charge is 0.272 e. The van der Waals surface area contributed by atoms with E-state index in [9.17, 15) is 4.79 Å². The van der Waals surface area contributed by atoms with Crippen molar-refractivity contribution in [3.8, 4) is 0 Å². The molecule has 1 N–H and O–H groups in total. The molecule has 5 heteroatoms. The molecule has 0 spiro atoms. The highest BCUT2D eigenvalue weighted by atomic mass is 35.5. The Morgan fingerprint density at radius 1 is 0.778 bits per heavy atom. The smallest absolute Gasteiger partial charge is 0.267 e. The summed E-state index contributed by atoms with van der Waals surface area (Å²) in [5.74, 6) is -0.362. The van der Waals surface area contributed by atoms with Crippen LogP contribution in [0.4, 0.5) is 0 Å². The van der Waals surface area contributed by atoms with Crippen molar-refractivity contribution in [3.05, 3.63) is 94.0 Å². The average Bonchev–Trinajstić information content (AvgIpc) is 2.71. The maximum atomic E-state index is 12.3. The van der Waals surface area contributed by atoms with Gasteiger partial charge < -0.3 is 0 Å². The molecule has 0 aromatic heterocycles. The van der Waals surface area contributed by atoms with Gasteiger partial charge in [-0.15, -0.1) is 0 Å². The van der Waals surface area contributed by atoms with Crippen LogP contribution in [-0.4, -0.2) is 12.1 Å². The zero-order valence-electron chi connectivity index (χ0n) is 14.1. The number of nitrogens with zero attached hydrogens (tertiary/aromatic N) is 1. The van der Waals surface area contributed by atoms with Crippen molar-refractivity contribution in [1.29, 1.82) is 0 Å². The fourth-order valence-electron chi connectivity index (χ4n) is 3.11. The van der Waals surface area contributed by atoms with Gasteiger partial charge in [0.05, 0.1) is 21.8 Å². The van der Waals surface area contributed by atoms with Gasteiger partial charge in [0, 0.05) is 16.3 Å². The number of benzene rings is 4. The number of rotatable bonds is 3. The van der Waals surface area contributed by atoms with Gasteiger partial charge >= 0.3 is 0 Å². The second-order valence-corrected chi connectivity index (χ2v) is 6.78. The molecule has 0 bridgehead atoms. The van der Waals surface area contributed by atoms with Crippen LogP contribution in [0.1, 0.15) is 15.9 Å². The summed E-state index contributed by atoms with van der Waals surface area (Å²) in [6.45, 7) is 0. The molecule has 0 saturated heterocycles. The van der Waals surface area contributed by atoms with E-state index in [0.717, 1.165) is 27.1 Å². The molecule has 0 heterocycles. The SMILES string of the molecule is O=C(N/N=C\c1c2ccccc2c(Cl)c2ccccc12)c1ccccc1Cl. The second-order valence-electron chi connectivity index (χ2n) is 6.00. The highest BCUT2D eigenvalue weighted by Crippen LogP contribution is 2.35. The lowest BCUT2D eigenvalue weighted by molar-refractivity contribution is 0.0955. The van der Waals surface area contributed by atoms with Crippen molar-refractivity contribution in [3.63, 3.8) is 0 Å². The predicted molar refractivity (Wildman–Crippen MR) is 113 cm³/mol. The Kier molecular flexibility index (Phi) is 4.80. The molecule has 0 radical (unpaired) electrons. The topological polar surface area (TPSA) is 41.5 Å². The number of hydrazone groups is 1. The summed E-state index contributed by atoms with van der Waals surface area (Å²) in [5.41, 5.74) is 3.82. The molecule has 0 unspecified atom stereocenters. The zero-order valence-corrected chi connectivity index (χ0v) is 15.6. The van der Waals surface area contributed by atoms with Crippen molar-refractivity contribution in [1.82, 2.24) is 5.43 Å². The number of halogens is 2. The third kappa shape index (κ3) is 3.27. The first-order chi connectivity index (χ1) is 13.2. The summed E-state index contributed by atoms with van der Waals surface area (Å²) in [6.07, 6.45) is 1.65. The molecule has 132 valence electrons. The monoisotopic (exact) mass is 392 g/mol. The molecule has 4 rings (SSSR count). The highest BCUT2D eigenvalue weighted by Gasteiger charge is 2.11. The Morgan fingerprint density at radius 2 is 1.30 bits per heavy atom. The van der Waals surface area contributed by atoms with E-state index in [1.165, 1.54) is 0 Å². The van der Waals surface area contributed by atoms with E-state index in [-0.39, 0.29) is 5.91 Å². The molecule has 0 fully saturated rings. The van der Waals surface area contributed by atoms with Crippen LogP contribution < -0.4 is 5.43 Å². The van der Waals surface area contributed by atoms with Gasteiger partial charge in [0.1, 0.15) is 0 Å². The zero-order chi connectivity index (χ0) is 18.8. The van der Waals surface area contributed by atoms with Gasteiger partial charge in [-0.3, -0.25) is 4.79 Å². The Labute approximate surface area is 166 Å². The molecule has 0 aliphatic heterocycles. The number of hydrogen-bond acceptors (Lipinski definition) is 2. The predicted octanol–water partition coefficient (Wildman–Crippen LogP) is 6.06. The van der Waals surface area contributed by atoms with Crippen LogP contribution in [0.25, 0.3) is 21.5 Å². The minimum atomic E-state index is -0.362. The first kappa shape index (κ1) is 17.5. The lowest BCUT2D eigenvalue weighted by Gasteiger charge is -2.10.